The van der Waals surface area contributed by atoms with Crippen molar-refractivity contribution < 1.29 is 0 Å². The molecular weight excluding hydrogens is 262 g/mol. The monoisotopic (exact) mass is 285 g/mol. The highest BCUT2D eigenvalue weighted by molar-refractivity contribution is 7.19. The molecule has 2 aliphatic rings. The Bertz CT molecular complexity index is 555. The van der Waals surface area contributed by atoms with E-state index in [-0.39, 0.29) is 0 Å². The summed E-state index contributed by atoms with van der Waals surface area (Å²) in [6.07, 6.45) is 9.79. The van der Waals surface area contributed by atoms with Crippen molar-refractivity contribution in [1.29, 1.82) is 0 Å². The summed E-state index contributed by atoms with van der Waals surface area (Å²) in [5, 5.41) is 1.44. The predicted octanol–water partition coefficient (Wildman–Crippen LogP) is 5.16. The van der Waals surface area contributed by atoms with Crippen molar-refractivity contribution in [2.24, 2.45) is 0 Å². The third kappa shape index (κ3) is 2.01. The average molecular weight is 285 g/mol. The van der Waals surface area contributed by atoms with Crippen molar-refractivity contribution in [2.75, 3.05) is 13.1 Å². The predicted molar refractivity (Wildman–Crippen MR) is 87.4 cm³/mol. The molecule has 1 saturated heterocycles. The molecule has 0 unspecified atom stereocenters. The molecule has 1 nitrogen and oxygen atoms in total. The van der Waals surface area contributed by atoms with Gasteiger partial charge in [-0.15, -0.1) is 11.3 Å². The van der Waals surface area contributed by atoms with Crippen LogP contribution in [0.15, 0.2) is 30.3 Å². The van der Waals surface area contributed by atoms with Gasteiger partial charge in [-0.05, 0) is 56.3 Å². The van der Waals surface area contributed by atoms with E-state index in [0.29, 0.717) is 5.54 Å². The smallest absolute Gasteiger partial charge is 0.0554 e. The minimum atomic E-state index is 0.373. The quantitative estimate of drug-likeness (QED) is 0.737. The summed E-state index contributed by atoms with van der Waals surface area (Å²) < 4.78 is 1.46. The van der Waals surface area contributed by atoms with E-state index in [2.05, 4.69) is 35.2 Å². The van der Waals surface area contributed by atoms with Crippen LogP contribution in [-0.2, 0) is 5.54 Å². The topological polar surface area (TPSA) is 3.24 Å². The van der Waals surface area contributed by atoms with Crippen LogP contribution in [0.5, 0.6) is 0 Å². The molecule has 4 rings (SSSR count). The number of benzene rings is 1. The van der Waals surface area contributed by atoms with Crippen molar-refractivity contribution in [2.45, 2.75) is 50.5 Å². The summed E-state index contributed by atoms with van der Waals surface area (Å²) in [5.41, 5.74) is 0.373. The summed E-state index contributed by atoms with van der Waals surface area (Å²) in [7, 11) is 0. The van der Waals surface area contributed by atoms with Gasteiger partial charge < -0.3 is 0 Å². The molecule has 0 N–H and O–H groups in total. The van der Waals surface area contributed by atoms with Gasteiger partial charge in [-0.25, -0.2) is 0 Å². The highest BCUT2D eigenvalue weighted by Crippen LogP contribution is 2.47. The van der Waals surface area contributed by atoms with E-state index in [1.165, 1.54) is 68.1 Å². The molecule has 0 radical (unpaired) electrons. The van der Waals surface area contributed by atoms with Gasteiger partial charge >= 0.3 is 0 Å². The van der Waals surface area contributed by atoms with Crippen LogP contribution in [0.25, 0.3) is 10.1 Å². The fraction of sp³-hybridized carbons (Fsp3) is 0.556. The molecule has 1 aromatic carbocycles. The maximum Gasteiger partial charge on any atom is 0.0554 e. The van der Waals surface area contributed by atoms with Gasteiger partial charge in [-0.2, -0.15) is 0 Å². The molecule has 1 aromatic heterocycles. The lowest BCUT2D eigenvalue weighted by Crippen LogP contribution is -2.45. The molecule has 2 heteroatoms. The van der Waals surface area contributed by atoms with Crippen molar-refractivity contribution in [3.8, 4) is 0 Å². The fourth-order valence-electron chi connectivity index (χ4n) is 4.21. The largest absolute Gasteiger partial charge is 0.293 e. The molecule has 2 aromatic rings. The standard InChI is InChI=1S/C18H23NS/c1-4-10-18(11-5-1,19-12-6-7-13-19)17-14-15-8-2-3-9-16(15)20-17/h2-3,8-9,14H,1,4-7,10-13H2. The second-order valence-electron chi connectivity index (χ2n) is 6.43. The Hall–Kier alpha value is -0.860. The van der Waals surface area contributed by atoms with Gasteiger partial charge in [0.15, 0.2) is 0 Å². The first-order valence-corrected chi connectivity index (χ1v) is 8.94. The van der Waals surface area contributed by atoms with E-state index in [0.717, 1.165) is 0 Å². The van der Waals surface area contributed by atoms with Crippen LogP contribution < -0.4 is 0 Å². The minimum Gasteiger partial charge on any atom is -0.293 e. The van der Waals surface area contributed by atoms with Gasteiger partial charge in [0.05, 0.1) is 5.54 Å². The summed E-state index contributed by atoms with van der Waals surface area (Å²) >= 11 is 2.05. The summed E-state index contributed by atoms with van der Waals surface area (Å²) in [6.45, 7) is 2.63. The SMILES string of the molecule is c1ccc2sc(C3(N4CCCC4)CCCCC3)cc2c1. The third-order valence-electron chi connectivity index (χ3n) is 5.28. The van der Waals surface area contributed by atoms with E-state index in [1.54, 1.807) is 4.88 Å². The van der Waals surface area contributed by atoms with Gasteiger partial charge in [-0.3, -0.25) is 4.90 Å². The highest BCUT2D eigenvalue weighted by Gasteiger charge is 2.41. The second kappa shape index (κ2) is 5.16. The maximum absolute atomic E-state index is 2.82. The second-order valence-corrected chi connectivity index (χ2v) is 7.52. The van der Waals surface area contributed by atoms with Crippen molar-refractivity contribution in [1.82, 2.24) is 4.90 Å². The normalized spacial score (nSPS) is 23.4. The first kappa shape index (κ1) is 12.8. The first-order chi connectivity index (χ1) is 9.88. The highest BCUT2D eigenvalue weighted by atomic mass is 32.1. The van der Waals surface area contributed by atoms with E-state index >= 15 is 0 Å². The van der Waals surface area contributed by atoms with E-state index in [1.807, 2.05) is 11.3 Å². The third-order valence-corrected chi connectivity index (χ3v) is 6.59. The zero-order chi connectivity index (χ0) is 13.4. The minimum absolute atomic E-state index is 0.373. The molecule has 2 fully saturated rings. The van der Waals surface area contributed by atoms with Crippen molar-refractivity contribution in [3.05, 3.63) is 35.2 Å². The van der Waals surface area contributed by atoms with Crippen LogP contribution in [0, 0.1) is 0 Å². The molecule has 0 atom stereocenters. The lowest BCUT2D eigenvalue weighted by atomic mass is 9.79. The summed E-state index contributed by atoms with van der Waals surface area (Å²) in [6, 6.07) is 11.4. The Labute approximate surface area is 125 Å². The lowest BCUT2D eigenvalue weighted by molar-refractivity contribution is 0.0741. The summed E-state index contributed by atoms with van der Waals surface area (Å²) in [5.74, 6) is 0. The van der Waals surface area contributed by atoms with Crippen LogP contribution in [0.3, 0.4) is 0 Å². The fourth-order valence-corrected chi connectivity index (χ4v) is 5.55. The zero-order valence-electron chi connectivity index (χ0n) is 12.1. The van der Waals surface area contributed by atoms with Crippen LogP contribution >= 0.6 is 11.3 Å². The van der Waals surface area contributed by atoms with Crippen LogP contribution in [0.4, 0.5) is 0 Å². The number of hydrogen-bond donors (Lipinski definition) is 0. The first-order valence-electron chi connectivity index (χ1n) is 8.13. The number of thiophene rings is 1. The lowest BCUT2D eigenvalue weighted by Gasteiger charge is -2.44. The maximum atomic E-state index is 2.82. The molecular formula is C18H23NS. The number of rotatable bonds is 2. The van der Waals surface area contributed by atoms with Gasteiger partial charge in [0.25, 0.3) is 0 Å². The van der Waals surface area contributed by atoms with Crippen molar-refractivity contribution >= 4 is 21.4 Å². The van der Waals surface area contributed by atoms with Crippen LogP contribution in [0.1, 0.15) is 49.8 Å². The number of nitrogens with zero attached hydrogens (tertiary/aromatic N) is 1. The molecule has 1 aliphatic carbocycles. The van der Waals surface area contributed by atoms with Crippen molar-refractivity contribution in [3.63, 3.8) is 0 Å². The molecule has 20 heavy (non-hydrogen) atoms. The van der Waals surface area contributed by atoms with E-state index in [4.69, 9.17) is 0 Å². The van der Waals surface area contributed by atoms with Crippen LogP contribution in [0.2, 0.25) is 0 Å². The van der Waals surface area contributed by atoms with Gasteiger partial charge in [-0.1, -0.05) is 37.5 Å². The van der Waals surface area contributed by atoms with Gasteiger partial charge in [0, 0.05) is 9.58 Å². The zero-order valence-corrected chi connectivity index (χ0v) is 12.9. The average Bonchev–Trinajstić information content (AvgIpc) is 3.17. The molecule has 0 amide bonds. The Kier molecular flexibility index (Phi) is 3.31. The van der Waals surface area contributed by atoms with E-state index < -0.39 is 0 Å². The Morgan fingerprint density at radius 2 is 1.65 bits per heavy atom. The Morgan fingerprint density at radius 1 is 0.900 bits per heavy atom. The summed E-state index contributed by atoms with van der Waals surface area (Å²) in [4.78, 5) is 4.46. The Morgan fingerprint density at radius 3 is 2.40 bits per heavy atom. The number of hydrogen-bond acceptors (Lipinski definition) is 2. The number of likely N-dealkylation sites (tertiary alicyclic amines) is 1. The van der Waals surface area contributed by atoms with Crippen LogP contribution in [-0.4, -0.2) is 18.0 Å². The Balaban J connectivity index is 1.80. The number of fused-ring (bicyclic) bond motifs is 1. The molecule has 2 heterocycles. The molecule has 1 aliphatic heterocycles. The molecule has 1 saturated carbocycles. The molecule has 0 bridgehead atoms. The van der Waals surface area contributed by atoms with Gasteiger partial charge in [0.2, 0.25) is 0 Å². The van der Waals surface area contributed by atoms with E-state index in [9.17, 15) is 0 Å². The molecule has 0 spiro atoms. The van der Waals surface area contributed by atoms with Gasteiger partial charge in [0.1, 0.15) is 0 Å². The molecule has 106 valence electrons.